The summed E-state index contributed by atoms with van der Waals surface area (Å²) in [5.74, 6) is -1.37. The van der Waals surface area contributed by atoms with Crippen molar-refractivity contribution in [2.75, 3.05) is 5.32 Å². The number of anilines is 1. The van der Waals surface area contributed by atoms with Crippen molar-refractivity contribution in [3.8, 4) is 0 Å². The summed E-state index contributed by atoms with van der Waals surface area (Å²) >= 11 is 17.7. The summed E-state index contributed by atoms with van der Waals surface area (Å²) in [5, 5.41) is 12.7. The molecule has 0 aliphatic carbocycles. The predicted octanol–water partition coefficient (Wildman–Crippen LogP) is 4.92. The van der Waals surface area contributed by atoms with Crippen molar-refractivity contribution in [3.05, 3.63) is 62.6 Å². The molecule has 7 heteroatoms. The van der Waals surface area contributed by atoms with Crippen molar-refractivity contribution in [3.63, 3.8) is 0 Å². The van der Waals surface area contributed by atoms with E-state index in [0.717, 1.165) is 5.56 Å². The largest absolute Gasteiger partial charge is 0.478 e. The molecule has 23 heavy (non-hydrogen) atoms. The van der Waals surface area contributed by atoms with E-state index >= 15 is 0 Å². The van der Waals surface area contributed by atoms with Gasteiger partial charge in [0.25, 0.3) is 0 Å². The van der Waals surface area contributed by atoms with E-state index in [1.165, 1.54) is 18.2 Å². The summed E-state index contributed by atoms with van der Waals surface area (Å²) in [6.07, 6.45) is 0.671. The summed E-state index contributed by atoms with van der Waals surface area (Å²) < 4.78 is 0. The molecule has 0 aromatic heterocycles. The van der Waals surface area contributed by atoms with E-state index in [1.54, 1.807) is 18.2 Å². The van der Waals surface area contributed by atoms with E-state index in [1.807, 2.05) is 0 Å². The maximum Gasteiger partial charge on any atom is 0.335 e. The molecule has 0 radical (unpaired) electrons. The van der Waals surface area contributed by atoms with Gasteiger partial charge < -0.3 is 10.4 Å². The van der Waals surface area contributed by atoms with Crippen LogP contribution in [0.1, 0.15) is 22.3 Å². The lowest BCUT2D eigenvalue weighted by molar-refractivity contribution is -0.116. The van der Waals surface area contributed by atoms with Gasteiger partial charge in [-0.15, -0.1) is 0 Å². The molecule has 2 rings (SSSR count). The summed E-state index contributed by atoms with van der Waals surface area (Å²) in [7, 11) is 0. The Morgan fingerprint density at radius 1 is 0.957 bits per heavy atom. The number of hydrogen-bond donors (Lipinski definition) is 2. The SMILES string of the molecule is O=C(CCc1ccc(Cl)c(Cl)c1)Nc1cc(C(=O)O)ccc1Cl. The summed E-state index contributed by atoms with van der Waals surface area (Å²) in [4.78, 5) is 22.9. The van der Waals surface area contributed by atoms with Gasteiger partial charge in [0.15, 0.2) is 0 Å². The average molecular weight is 373 g/mol. The second-order valence-electron chi connectivity index (χ2n) is 4.80. The lowest BCUT2D eigenvalue weighted by Crippen LogP contribution is -2.13. The molecule has 1 amide bonds. The number of amides is 1. The lowest BCUT2D eigenvalue weighted by atomic mass is 10.1. The van der Waals surface area contributed by atoms with Crippen molar-refractivity contribution in [1.29, 1.82) is 0 Å². The molecule has 0 fully saturated rings. The van der Waals surface area contributed by atoms with Crippen LogP contribution in [0, 0.1) is 0 Å². The van der Waals surface area contributed by atoms with E-state index in [-0.39, 0.29) is 28.6 Å². The normalized spacial score (nSPS) is 10.4. The Labute approximate surface area is 148 Å². The van der Waals surface area contributed by atoms with Crippen LogP contribution in [-0.2, 0) is 11.2 Å². The molecule has 0 spiro atoms. The van der Waals surface area contributed by atoms with Crippen molar-refractivity contribution < 1.29 is 14.7 Å². The third-order valence-electron chi connectivity index (χ3n) is 3.11. The first-order valence-electron chi connectivity index (χ1n) is 6.63. The van der Waals surface area contributed by atoms with Crippen LogP contribution in [0.3, 0.4) is 0 Å². The zero-order valence-corrected chi connectivity index (χ0v) is 14.0. The van der Waals surface area contributed by atoms with Gasteiger partial charge >= 0.3 is 5.97 Å². The van der Waals surface area contributed by atoms with Gasteiger partial charge in [0.1, 0.15) is 0 Å². The number of carbonyl (C=O) groups excluding carboxylic acids is 1. The number of halogens is 3. The Bertz CT molecular complexity index is 762. The maximum absolute atomic E-state index is 12.0. The van der Waals surface area contributed by atoms with Crippen LogP contribution in [0.25, 0.3) is 0 Å². The molecular weight excluding hydrogens is 361 g/mol. The van der Waals surface area contributed by atoms with Crippen molar-refractivity contribution in [1.82, 2.24) is 0 Å². The van der Waals surface area contributed by atoms with Gasteiger partial charge in [0, 0.05) is 6.42 Å². The van der Waals surface area contributed by atoms with Crippen LogP contribution in [0.2, 0.25) is 15.1 Å². The molecule has 0 saturated heterocycles. The van der Waals surface area contributed by atoms with Gasteiger partial charge in [-0.25, -0.2) is 4.79 Å². The van der Waals surface area contributed by atoms with Crippen LogP contribution in [-0.4, -0.2) is 17.0 Å². The predicted molar refractivity (Wildman–Crippen MR) is 91.8 cm³/mol. The molecule has 120 valence electrons. The lowest BCUT2D eigenvalue weighted by Gasteiger charge is -2.08. The van der Waals surface area contributed by atoms with E-state index in [0.29, 0.717) is 16.5 Å². The molecule has 0 saturated carbocycles. The van der Waals surface area contributed by atoms with Crippen LogP contribution in [0.4, 0.5) is 5.69 Å². The number of hydrogen-bond acceptors (Lipinski definition) is 2. The van der Waals surface area contributed by atoms with Gasteiger partial charge in [-0.3, -0.25) is 4.79 Å². The molecule has 2 aromatic carbocycles. The molecule has 2 aromatic rings. The fraction of sp³-hybridized carbons (Fsp3) is 0.125. The number of carbonyl (C=O) groups is 2. The molecule has 0 bridgehead atoms. The van der Waals surface area contributed by atoms with Crippen molar-refractivity contribution in [2.45, 2.75) is 12.8 Å². The smallest absolute Gasteiger partial charge is 0.335 e. The first-order valence-corrected chi connectivity index (χ1v) is 7.77. The van der Waals surface area contributed by atoms with Crippen LogP contribution in [0.15, 0.2) is 36.4 Å². The highest BCUT2D eigenvalue weighted by Gasteiger charge is 2.10. The number of rotatable bonds is 5. The maximum atomic E-state index is 12.0. The van der Waals surface area contributed by atoms with Gasteiger partial charge in [-0.05, 0) is 42.3 Å². The first-order chi connectivity index (χ1) is 10.9. The number of aryl methyl sites for hydroxylation is 1. The summed E-state index contributed by atoms with van der Waals surface area (Å²) in [6, 6.07) is 9.29. The Hall–Kier alpha value is -1.75. The van der Waals surface area contributed by atoms with Crippen molar-refractivity contribution in [2.24, 2.45) is 0 Å². The minimum absolute atomic E-state index is 0.0502. The fourth-order valence-corrected chi connectivity index (χ4v) is 2.41. The number of aromatic carboxylic acids is 1. The number of benzene rings is 2. The molecule has 0 unspecified atom stereocenters. The Morgan fingerprint density at radius 3 is 2.30 bits per heavy atom. The number of nitrogens with one attached hydrogen (secondary N) is 1. The quantitative estimate of drug-likeness (QED) is 0.783. The van der Waals surface area contributed by atoms with E-state index in [9.17, 15) is 9.59 Å². The monoisotopic (exact) mass is 371 g/mol. The van der Waals surface area contributed by atoms with Gasteiger partial charge in [0.2, 0.25) is 5.91 Å². The average Bonchev–Trinajstić information content (AvgIpc) is 2.50. The number of carboxylic acid groups (broad SMARTS) is 1. The van der Waals surface area contributed by atoms with Crippen LogP contribution < -0.4 is 5.32 Å². The summed E-state index contributed by atoms with van der Waals surface area (Å²) in [6.45, 7) is 0. The second kappa shape index (κ2) is 7.68. The van der Waals surface area contributed by atoms with E-state index in [2.05, 4.69) is 5.32 Å². The molecule has 0 heterocycles. The van der Waals surface area contributed by atoms with Gasteiger partial charge in [-0.2, -0.15) is 0 Å². The van der Waals surface area contributed by atoms with Gasteiger partial charge in [-0.1, -0.05) is 40.9 Å². The Kier molecular flexibility index (Phi) is 5.88. The standard InChI is InChI=1S/C16H12Cl3NO3/c17-11-4-1-9(7-13(11)19)2-6-15(21)20-14-8-10(16(22)23)3-5-12(14)18/h1,3-5,7-8H,2,6H2,(H,20,21)(H,22,23). The zero-order chi connectivity index (χ0) is 17.0. The minimum Gasteiger partial charge on any atom is -0.478 e. The molecule has 0 aliphatic heterocycles. The Morgan fingerprint density at radius 2 is 1.65 bits per heavy atom. The molecule has 0 atom stereocenters. The summed E-state index contributed by atoms with van der Waals surface area (Å²) in [5.41, 5.74) is 1.19. The number of carboxylic acids is 1. The minimum atomic E-state index is -1.09. The molecule has 2 N–H and O–H groups in total. The van der Waals surface area contributed by atoms with Crippen LogP contribution >= 0.6 is 34.8 Å². The zero-order valence-electron chi connectivity index (χ0n) is 11.8. The highest BCUT2D eigenvalue weighted by atomic mass is 35.5. The highest BCUT2D eigenvalue weighted by molar-refractivity contribution is 6.42. The topological polar surface area (TPSA) is 66.4 Å². The molecule has 4 nitrogen and oxygen atoms in total. The van der Waals surface area contributed by atoms with E-state index in [4.69, 9.17) is 39.9 Å². The third-order valence-corrected chi connectivity index (χ3v) is 4.18. The Balaban J connectivity index is 2.00. The second-order valence-corrected chi connectivity index (χ2v) is 6.02. The molecular formula is C16H12Cl3NO3. The van der Waals surface area contributed by atoms with Gasteiger partial charge in [0.05, 0.1) is 26.3 Å². The molecule has 0 aliphatic rings. The fourth-order valence-electron chi connectivity index (χ4n) is 1.92. The van der Waals surface area contributed by atoms with E-state index < -0.39 is 5.97 Å². The third kappa shape index (κ3) is 4.86. The van der Waals surface area contributed by atoms with Crippen molar-refractivity contribution >= 4 is 52.4 Å². The van der Waals surface area contributed by atoms with Crippen LogP contribution in [0.5, 0.6) is 0 Å². The highest BCUT2D eigenvalue weighted by Crippen LogP contribution is 2.25. The first kappa shape index (κ1) is 17.6.